The van der Waals surface area contributed by atoms with E-state index in [0.29, 0.717) is 18.6 Å². The van der Waals surface area contributed by atoms with Crippen molar-refractivity contribution >= 4 is 5.78 Å². The zero-order valence-electron chi connectivity index (χ0n) is 9.26. The van der Waals surface area contributed by atoms with E-state index in [-0.39, 0.29) is 0 Å². The van der Waals surface area contributed by atoms with Crippen molar-refractivity contribution in [2.45, 2.75) is 40.0 Å². The van der Waals surface area contributed by atoms with E-state index < -0.39 is 0 Å². The molecule has 0 aliphatic carbocycles. The first-order chi connectivity index (χ1) is 6.63. The summed E-state index contributed by atoms with van der Waals surface area (Å²) in [6.45, 7) is 6.22. The Bertz CT molecular complexity index is 326. The predicted octanol–water partition coefficient (Wildman–Crippen LogP) is 3.22. The van der Waals surface area contributed by atoms with Gasteiger partial charge in [0.05, 0.1) is 0 Å². The lowest BCUT2D eigenvalue weighted by molar-refractivity contribution is -0.118. The maximum Gasteiger partial charge on any atom is 0.137 e. The van der Waals surface area contributed by atoms with Crippen LogP contribution in [0.1, 0.15) is 36.5 Å². The molecule has 0 atom stereocenters. The van der Waals surface area contributed by atoms with Crippen LogP contribution in [0.25, 0.3) is 0 Å². The smallest absolute Gasteiger partial charge is 0.137 e. The fourth-order valence-corrected chi connectivity index (χ4v) is 1.51. The summed E-state index contributed by atoms with van der Waals surface area (Å²) in [6, 6.07) is 6.25. The molecule has 0 N–H and O–H groups in total. The standard InChI is InChI=1S/C13H18O/c1-4-5-13(14)9-12-7-6-10(2)11(3)8-12/h6-8H,4-5,9H2,1-3H3. The molecule has 76 valence electrons. The molecule has 0 unspecified atom stereocenters. The van der Waals surface area contributed by atoms with Gasteiger partial charge in [-0.1, -0.05) is 25.1 Å². The Kier molecular flexibility index (Phi) is 3.87. The van der Waals surface area contributed by atoms with Crippen molar-refractivity contribution in [2.24, 2.45) is 0 Å². The van der Waals surface area contributed by atoms with Gasteiger partial charge in [-0.2, -0.15) is 0 Å². The number of rotatable bonds is 4. The van der Waals surface area contributed by atoms with Gasteiger partial charge in [0.1, 0.15) is 5.78 Å². The van der Waals surface area contributed by atoms with E-state index in [4.69, 9.17) is 0 Å². The van der Waals surface area contributed by atoms with Crippen LogP contribution < -0.4 is 0 Å². The molecule has 1 aromatic rings. The van der Waals surface area contributed by atoms with Crippen LogP contribution in [0.15, 0.2) is 18.2 Å². The summed E-state index contributed by atoms with van der Waals surface area (Å²) in [5, 5.41) is 0. The molecular formula is C13H18O. The lowest BCUT2D eigenvalue weighted by atomic mass is 10.0. The van der Waals surface area contributed by atoms with Crippen molar-refractivity contribution in [1.29, 1.82) is 0 Å². The number of aryl methyl sites for hydroxylation is 2. The number of hydrogen-bond acceptors (Lipinski definition) is 1. The van der Waals surface area contributed by atoms with E-state index in [1.807, 2.05) is 6.92 Å². The van der Waals surface area contributed by atoms with Crippen LogP contribution in [0.2, 0.25) is 0 Å². The maximum absolute atomic E-state index is 11.4. The van der Waals surface area contributed by atoms with Gasteiger partial charge >= 0.3 is 0 Å². The monoisotopic (exact) mass is 190 g/mol. The first-order valence-electron chi connectivity index (χ1n) is 5.21. The lowest BCUT2D eigenvalue weighted by Gasteiger charge is -2.04. The topological polar surface area (TPSA) is 17.1 Å². The Labute approximate surface area is 86.1 Å². The van der Waals surface area contributed by atoms with Crippen molar-refractivity contribution in [3.05, 3.63) is 34.9 Å². The quantitative estimate of drug-likeness (QED) is 0.712. The van der Waals surface area contributed by atoms with Crippen LogP contribution >= 0.6 is 0 Å². The highest BCUT2D eigenvalue weighted by molar-refractivity contribution is 5.80. The summed E-state index contributed by atoms with van der Waals surface area (Å²) in [5.74, 6) is 0.343. The Hall–Kier alpha value is -1.11. The van der Waals surface area contributed by atoms with Gasteiger partial charge in [0, 0.05) is 12.8 Å². The Balaban J connectivity index is 2.68. The van der Waals surface area contributed by atoms with Gasteiger partial charge in [0.25, 0.3) is 0 Å². The second kappa shape index (κ2) is 4.94. The summed E-state index contributed by atoms with van der Waals surface area (Å²) in [4.78, 5) is 11.4. The molecule has 0 saturated heterocycles. The van der Waals surface area contributed by atoms with Gasteiger partial charge in [-0.15, -0.1) is 0 Å². The SMILES string of the molecule is CCCC(=O)Cc1ccc(C)c(C)c1. The van der Waals surface area contributed by atoms with Crippen LogP contribution in [0.3, 0.4) is 0 Å². The van der Waals surface area contributed by atoms with Gasteiger partial charge in [0.2, 0.25) is 0 Å². The highest BCUT2D eigenvalue weighted by atomic mass is 16.1. The van der Waals surface area contributed by atoms with Crippen LogP contribution in [-0.2, 0) is 11.2 Å². The van der Waals surface area contributed by atoms with E-state index in [0.717, 1.165) is 12.0 Å². The van der Waals surface area contributed by atoms with Crippen molar-refractivity contribution in [3.63, 3.8) is 0 Å². The molecule has 0 heterocycles. The van der Waals surface area contributed by atoms with Crippen molar-refractivity contribution in [2.75, 3.05) is 0 Å². The highest BCUT2D eigenvalue weighted by Crippen LogP contribution is 2.11. The minimum Gasteiger partial charge on any atom is -0.299 e. The number of carbonyl (C=O) groups excluding carboxylic acids is 1. The summed E-state index contributed by atoms with van der Waals surface area (Å²) in [6.07, 6.45) is 2.24. The van der Waals surface area contributed by atoms with Gasteiger partial charge in [0.15, 0.2) is 0 Å². The van der Waals surface area contributed by atoms with E-state index in [1.165, 1.54) is 11.1 Å². The van der Waals surface area contributed by atoms with Crippen LogP contribution in [-0.4, -0.2) is 5.78 Å². The first-order valence-corrected chi connectivity index (χ1v) is 5.21. The van der Waals surface area contributed by atoms with Crippen molar-refractivity contribution < 1.29 is 4.79 Å². The number of Topliss-reactive ketones (excluding diaryl/α,β-unsaturated/α-hetero) is 1. The number of hydrogen-bond donors (Lipinski definition) is 0. The molecule has 0 saturated carbocycles. The normalized spacial score (nSPS) is 10.2. The molecule has 14 heavy (non-hydrogen) atoms. The van der Waals surface area contributed by atoms with Crippen LogP contribution in [0, 0.1) is 13.8 Å². The van der Waals surface area contributed by atoms with Gasteiger partial charge < -0.3 is 0 Å². The average molecular weight is 190 g/mol. The lowest BCUT2D eigenvalue weighted by Crippen LogP contribution is -2.02. The van der Waals surface area contributed by atoms with E-state index in [2.05, 4.69) is 32.0 Å². The first kappa shape index (κ1) is 11.0. The van der Waals surface area contributed by atoms with Crippen LogP contribution in [0.4, 0.5) is 0 Å². The van der Waals surface area contributed by atoms with Crippen molar-refractivity contribution in [1.82, 2.24) is 0 Å². The van der Waals surface area contributed by atoms with E-state index >= 15 is 0 Å². The van der Waals surface area contributed by atoms with E-state index in [9.17, 15) is 4.79 Å². The maximum atomic E-state index is 11.4. The fraction of sp³-hybridized carbons (Fsp3) is 0.462. The summed E-state index contributed by atoms with van der Waals surface area (Å²) in [7, 11) is 0. The van der Waals surface area contributed by atoms with E-state index in [1.54, 1.807) is 0 Å². The molecule has 0 fully saturated rings. The molecule has 1 nitrogen and oxygen atoms in total. The molecule has 0 bridgehead atoms. The fourth-order valence-electron chi connectivity index (χ4n) is 1.51. The van der Waals surface area contributed by atoms with Crippen LogP contribution in [0.5, 0.6) is 0 Å². The largest absolute Gasteiger partial charge is 0.299 e. The third-order valence-electron chi connectivity index (χ3n) is 2.50. The summed E-state index contributed by atoms with van der Waals surface area (Å²) >= 11 is 0. The Morgan fingerprint density at radius 2 is 1.93 bits per heavy atom. The molecule has 0 radical (unpaired) electrons. The van der Waals surface area contributed by atoms with Gasteiger partial charge in [-0.05, 0) is 37.0 Å². The summed E-state index contributed by atoms with van der Waals surface area (Å²) < 4.78 is 0. The molecule has 0 aromatic heterocycles. The minimum atomic E-state index is 0.343. The zero-order chi connectivity index (χ0) is 10.6. The highest BCUT2D eigenvalue weighted by Gasteiger charge is 2.03. The predicted molar refractivity (Wildman–Crippen MR) is 59.5 cm³/mol. The molecule has 1 aromatic carbocycles. The number of benzene rings is 1. The zero-order valence-corrected chi connectivity index (χ0v) is 9.26. The molecular weight excluding hydrogens is 172 g/mol. The molecule has 1 heteroatoms. The van der Waals surface area contributed by atoms with Gasteiger partial charge in [-0.25, -0.2) is 0 Å². The minimum absolute atomic E-state index is 0.343. The third-order valence-corrected chi connectivity index (χ3v) is 2.50. The number of ketones is 1. The molecule has 0 spiro atoms. The second-order valence-corrected chi connectivity index (χ2v) is 3.88. The number of carbonyl (C=O) groups is 1. The molecule has 0 amide bonds. The van der Waals surface area contributed by atoms with Crippen molar-refractivity contribution in [3.8, 4) is 0 Å². The second-order valence-electron chi connectivity index (χ2n) is 3.88. The molecule has 0 aliphatic rings. The summed E-state index contributed by atoms with van der Waals surface area (Å²) in [5.41, 5.74) is 3.70. The Morgan fingerprint density at radius 3 is 2.50 bits per heavy atom. The Morgan fingerprint density at radius 1 is 1.21 bits per heavy atom. The van der Waals surface area contributed by atoms with Gasteiger partial charge in [-0.3, -0.25) is 4.79 Å². The third kappa shape index (κ3) is 2.99. The average Bonchev–Trinajstić information content (AvgIpc) is 2.12. The molecule has 0 aliphatic heterocycles. The molecule has 1 rings (SSSR count).